The summed E-state index contributed by atoms with van der Waals surface area (Å²) in [5.41, 5.74) is 0. The first kappa shape index (κ1) is 9.96. The Morgan fingerprint density at radius 2 is 2.00 bits per heavy atom. The zero-order valence-corrected chi connectivity index (χ0v) is 8.43. The number of hydrogen-bond acceptors (Lipinski definition) is 3. The molecule has 14 heavy (non-hydrogen) atoms. The molecule has 1 aromatic rings. The lowest BCUT2D eigenvalue weighted by molar-refractivity contribution is 0.201. The van der Waals surface area contributed by atoms with Crippen molar-refractivity contribution < 1.29 is 9.50 Å². The van der Waals surface area contributed by atoms with E-state index in [0.717, 1.165) is 11.4 Å². The lowest BCUT2D eigenvalue weighted by Crippen LogP contribution is -2.19. The quantitative estimate of drug-likeness (QED) is 0.775. The van der Waals surface area contributed by atoms with Gasteiger partial charge in [-0.3, -0.25) is 0 Å². The Morgan fingerprint density at radius 3 is 2.57 bits per heavy atom. The van der Waals surface area contributed by atoms with Crippen molar-refractivity contribution >= 4 is 11.8 Å². The van der Waals surface area contributed by atoms with Crippen LogP contribution in [0.3, 0.4) is 0 Å². The fourth-order valence-electron chi connectivity index (χ4n) is 1.45. The fourth-order valence-corrected chi connectivity index (χ4v) is 2.55. The molecule has 2 unspecified atom stereocenters. The van der Waals surface area contributed by atoms with Crippen LogP contribution in [0, 0.1) is 5.82 Å². The van der Waals surface area contributed by atoms with E-state index in [1.54, 1.807) is 23.9 Å². The van der Waals surface area contributed by atoms with E-state index in [2.05, 4.69) is 5.32 Å². The van der Waals surface area contributed by atoms with Gasteiger partial charge in [0, 0.05) is 23.2 Å². The number of hydrogen-bond donors (Lipinski definition) is 2. The van der Waals surface area contributed by atoms with E-state index in [1.807, 2.05) is 0 Å². The van der Waals surface area contributed by atoms with Gasteiger partial charge in [0.05, 0.1) is 6.10 Å². The van der Waals surface area contributed by atoms with Crippen LogP contribution in [-0.2, 0) is 0 Å². The molecule has 0 radical (unpaired) electrons. The van der Waals surface area contributed by atoms with Gasteiger partial charge >= 0.3 is 0 Å². The Morgan fingerprint density at radius 1 is 1.29 bits per heavy atom. The molecule has 4 heteroatoms. The van der Waals surface area contributed by atoms with Crippen molar-refractivity contribution in [2.45, 2.75) is 16.2 Å². The van der Waals surface area contributed by atoms with Gasteiger partial charge in [-0.25, -0.2) is 4.39 Å². The van der Waals surface area contributed by atoms with Crippen molar-refractivity contribution in [3.63, 3.8) is 0 Å². The Kier molecular flexibility index (Phi) is 3.05. The predicted molar refractivity (Wildman–Crippen MR) is 54.9 cm³/mol. The summed E-state index contributed by atoms with van der Waals surface area (Å²) in [5, 5.41) is 12.8. The maximum absolute atomic E-state index is 12.6. The maximum Gasteiger partial charge on any atom is 0.123 e. The van der Waals surface area contributed by atoms with Crippen molar-refractivity contribution in [2.24, 2.45) is 0 Å². The summed E-state index contributed by atoms with van der Waals surface area (Å²) >= 11 is 1.59. The SMILES string of the molecule is OC1CNCC1Sc1ccc(F)cc1. The fraction of sp³-hybridized carbons (Fsp3) is 0.400. The van der Waals surface area contributed by atoms with Crippen LogP contribution in [0.4, 0.5) is 4.39 Å². The number of nitrogens with one attached hydrogen (secondary N) is 1. The number of thioether (sulfide) groups is 1. The van der Waals surface area contributed by atoms with Gasteiger partial charge in [0.15, 0.2) is 0 Å². The van der Waals surface area contributed by atoms with Crippen molar-refractivity contribution in [1.29, 1.82) is 0 Å². The number of β-amino-alcohol motifs (C(OH)–C–C–N with tert-alkyl or cyclic N) is 1. The second-order valence-electron chi connectivity index (χ2n) is 3.34. The summed E-state index contributed by atoms with van der Waals surface area (Å²) < 4.78 is 12.6. The van der Waals surface area contributed by atoms with Crippen LogP contribution in [-0.4, -0.2) is 29.5 Å². The van der Waals surface area contributed by atoms with E-state index in [9.17, 15) is 9.50 Å². The van der Waals surface area contributed by atoms with Gasteiger partial charge < -0.3 is 10.4 Å². The number of benzene rings is 1. The zero-order valence-electron chi connectivity index (χ0n) is 7.61. The minimum Gasteiger partial charge on any atom is -0.391 e. The molecule has 2 rings (SSSR count). The van der Waals surface area contributed by atoms with Gasteiger partial charge in [0.25, 0.3) is 0 Å². The average Bonchev–Trinajstić information content (AvgIpc) is 2.56. The summed E-state index contributed by atoms with van der Waals surface area (Å²) in [5.74, 6) is -0.223. The third-order valence-electron chi connectivity index (χ3n) is 2.23. The van der Waals surface area contributed by atoms with Crippen molar-refractivity contribution in [1.82, 2.24) is 5.32 Å². The first-order valence-electron chi connectivity index (χ1n) is 4.57. The minimum absolute atomic E-state index is 0.181. The lowest BCUT2D eigenvalue weighted by Gasteiger charge is -2.12. The molecule has 0 aliphatic carbocycles. The Balaban J connectivity index is 2.00. The summed E-state index contributed by atoms with van der Waals surface area (Å²) in [4.78, 5) is 0.999. The van der Waals surface area contributed by atoms with Gasteiger partial charge in [-0.1, -0.05) is 0 Å². The molecular formula is C10H12FNOS. The van der Waals surface area contributed by atoms with Crippen LogP contribution in [0.2, 0.25) is 0 Å². The molecular weight excluding hydrogens is 201 g/mol. The summed E-state index contributed by atoms with van der Waals surface area (Å²) in [6.07, 6.45) is -0.301. The smallest absolute Gasteiger partial charge is 0.123 e. The molecule has 0 saturated carbocycles. The van der Waals surface area contributed by atoms with Gasteiger partial charge in [0.2, 0.25) is 0 Å². The van der Waals surface area contributed by atoms with Crippen LogP contribution < -0.4 is 5.32 Å². The number of rotatable bonds is 2. The minimum atomic E-state index is -0.301. The topological polar surface area (TPSA) is 32.3 Å². The van der Waals surface area contributed by atoms with E-state index in [1.165, 1.54) is 12.1 Å². The number of halogens is 1. The molecule has 1 fully saturated rings. The number of aliphatic hydroxyl groups excluding tert-OH is 1. The third kappa shape index (κ3) is 2.26. The number of aliphatic hydroxyl groups is 1. The van der Waals surface area contributed by atoms with Crippen molar-refractivity contribution in [2.75, 3.05) is 13.1 Å². The molecule has 76 valence electrons. The van der Waals surface area contributed by atoms with Crippen LogP contribution in [0.5, 0.6) is 0 Å². The van der Waals surface area contributed by atoms with Crippen LogP contribution >= 0.6 is 11.8 Å². The largest absolute Gasteiger partial charge is 0.391 e. The van der Waals surface area contributed by atoms with Gasteiger partial charge in [-0.15, -0.1) is 11.8 Å². The van der Waals surface area contributed by atoms with Crippen molar-refractivity contribution in [3.05, 3.63) is 30.1 Å². The van der Waals surface area contributed by atoms with Gasteiger partial charge in [0.1, 0.15) is 5.82 Å². The highest BCUT2D eigenvalue weighted by Crippen LogP contribution is 2.27. The van der Waals surface area contributed by atoms with E-state index in [-0.39, 0.29) is 17.2 Å². The second kappa shape index (κ2) is 4.29. The highest BCUT2D eigenvalue weighted by atomic mass is 32.2. The molecule has 0 aromatic heterocycles. The predicted octanol–water partition coefficient (Wildman–Crippen LogP) is 1.25. The lowest BCUT2D eigenvalue weighted by atomic mass is 10.3. The average molecular weight is 213 g/mol. The molecule has 0 amide bonds. The van der Waals surface area contributed by atoms with Crippen LogP contribution in [0.25, 0.3) is 0 Å². The molecule has 2 atom stereocenters. The standard InChI is InChI=1S/C10H12FNOS/c11-7-1-3-8(4-2-7)14-10-6-12-5-9(10)13/h1-4,9-10,12-13H,5-6H2. The third-order valence-corrected chi connectivity index (χ3v) is 3.56. The van der Waals surface area contributed by atoms with E-state index in [0.29, 0.717) is 6.54 Å². The molecule has 1 aromatic carbocycles. The Bertz CT molecular complexity index is 303. The molecule has 0 bridgehead atoms. The maximum atomic E-state index is 12.6. The first-order chi connectivity index (χ1) is 6.75. The molecule has 1 saturated heterocycles. The normalized spacial score (nSPS) is 26.7. The first-order valence-corrected chi connectivity index (χ1v) is 5.44. The van der Waals surface area contributed by atoms with Gasteiger partial charge in [-0.2, -0.15) is 0 Å². The van der Waals surface area contributed by atoms with Crippen LogP contribution in [0.1, 0.15) is 0 Å². The molecule has 1 aliphatic heterocycles. The summed E-state index contributed by atoms with van der Waals surface area (Å²) in [6.45, 7) is 1.46. The highest BCUT2D eigenvalue weighted by Gasteiger charge is 2.25. The highest BCUT2D eigenvalue weighted by molar-refractivity contribution is 8.00. The molecule has 2 nitrogen and oxygen atoms in total. The van der Waals surface area contributed by atoms with Crippen LogP contribution in [0.15, 0.2) is 29.2 Å². The molecule has 0 spiro atoms. The monoisotopic (exact) mass is 213 g/mol. The second-order valence-corrected chi connectivity index (χ2v) is 4.65. The Labute approximate surface area is 86.5 Å². The van der Waals surface area contributed by atoms with Gasteiger partial charge in [-0.05, 0) is 24.3 Å². The Hall–Kier alpha value is -0.580. The van der Waals surface area contributed by atoms with E-state index in [4.69, 9.17) is 0 Å². The zero-order chi connectivity index (χ0) is 9.97. The van der Waals surface area contributed by atoms with Crippen molar-refractivity contribution in [3.8, 4) is 0 Å². The molecule has 1 aliphatic rings. The van der Waals surface area contributed by atoms with E-state index >= 15 is 0 Å². The molecule has 1 heterocycles. The van der Waals surface area contributed by atoms with E-state index < -0.39 is 0 Å². The summed E-state index contributed by atoms with van der Waals surface area (Å²) in [7, 11) is 0. The molecule has 2 N–H and O–H groups in total. The summed E-state index contributed by atoms with van der Waals surface area (Å²) in [6, 6.07) is 6.37.